The van der Waals surface area contributed by atoms with Crippen LogP contribution >= 0.6 is 0 Å². The monoisotopic (exact) mass is 136 g/mol. The van der Waals surface area contributed by atoms with Crippen molar-refractivity contribution in [1.29, 1.82) is 0 Å². The third-order valence-corrected chi connectivity index (χ3v) is 1.84. The molecule has 0 aromatic heterocycles. The van der Waals surface area contributed by atoms with E-state index in [9.17, 15) is 4.79 Å². The van der Waals surface area contributed by atoms with E-state index in [2.05, 4.69) is 13.0 Å². The molecule has 0 saturated carbocycles. The maximum Gasteiger partial charge on any atom is 0.149 e. The lowest BCUT2D eigenvalue weighted by atomic mass is 9.95. The minimum absolute atomic E-state index is 0.588. The number of hydrogen-bond donors (Lipinski definition) is 0. The van der Waals surface area contributed by atoms with Gasteiger partial charge in [-0.15, -0.1) is 0 Å². The SMILES string of the molecule is CCC1C=C(C=O)C=CC1. The summed E-state index contributed by atoms with van der Waals surface area (Å²) in [5, 5.41) is 0. The van der Waals surface area contributed by atoms with E-state index in [1.807, 2.05) is 12.2 Å². The summed E-state index contributed by atoms with van der Waals surface area (Å²) in [6.07, 6.45) is 9.14. The molecule has 1 unspecified atom stereocenters. The molecule has 54 valence electrons. The Morgan fingerprint density at radius 1 is 1.80 bits per heavy atom. The molecule has 1 nitrogen and oxygen atoms in total. The number of hydrogen-bond acceptors (Lipinski definition) is 1. The molecular weight excluding hydrogens is 124 g/mol. The molecule has 0 aromatic rings. The van der Waals surface area contributed by atoms with Crippen LogP contribution in [-0.4, -0.2) is 6.29 Å². The van der Waals surface area contributed by atoms with Gasteiger partial charge in [0.2, 0.25) is 0 Å². The second-order valence-corrected chi connectivity index (χ2v) is 2.59. The Bertz CT molecular complexity index is 177. The number of aldehydes is 1. The Hall–Kier alpha value is -0.850. The lowest BCUT2D eigenvalue weighted by Gasteiger charge is -2.10. The van der Waals surface area contributed by atoms with Gasteiger partial charge in [0.15, 0.2) is 0 Å². The van der Waals surface area contributed by atoms with Crippen molar-refractivity contribution in [2.75, 3.05) is 0 Å². The first kappa shape index (κ1) is 7.26. The molecule has 0 fully saturated rings. The van der Waals surface area contributed by atoms with Crippen LogP contribution in [0.15, 0.2) is 23.8 Å². The van der Waals surface area contributed by atoms with E-state index >= 15 is 0 Å². The van der Waals surface area contributed by atoms with E-state index < -0.39 is 0 Å². The van der Waals surface area contributed by atoms with E-state index in [0.29, 0.717) is 5.92 Å². The van der Waals surface area contributed by atoms with E-state index in [4.69, 9.17) is 0 Å². The molecule has 1 heteroatoms. The standard InChI is InChI=1S/C9H12O/c1-2-8-4-3-5-9(6-8)7-10/h3,5-8H,2,4H2,1H3. The number of carbonyl (C=O) groups excluding carboxylic acids is 1. The van der Waals surface area contributed by atoms with E-state index in [0.717, 1.165) is 24.7 Å². The summed E-state index contributed by atoms with van der Waals surface area (Å²) in [5.74, 6) is 0.588. The van der Waals surface area contributed by atoms with Crippen molar-refractivity contribution < 1.29 is 4.79 Å². The first-order valence-corrected chi connectivity index (χ1v) is 3.70. The van der Waals surface area contributed by atoms with Gasteiger partial charge >= 0.3 is 0 Å². The molecule has 0 spiro atoms. The van der Waals surface area contributed by atoms with Crippen molar-refractivity contribution in [3.8, 4) is 0 Å². The largest absolute Gasteiger partial charge is 0.298 e. The van der Waals surface area contributed by atoms with Crippen LogP contribution in [0.25, 0.3) is 0 Å². The molecule has 0 radical (unpaired) electrons. The highest BCUT2D eigenvalue weighted by molar-refractivity contribution is 5.77. The van der Waals surface area contributed by atoms with Crippen LogP contribution in [0.1, 0.15) is 19.8 Å². The van der Waals surface area contributed by atoms with Crippen molar-refractivity contribution in [3.05, 3.63) is 23.8 Å². The molecule has 0 N–H and O–H groups in total. The van der Waals surface area contributed by atoms with Crippen LogP contribution in [0, 0.1) is 5.92 Å². The maximum atomic E-state index is 10.3. The summed E-state index contributed by atoms with van der Waals surface area (Å²) in [7, 11) is 0. The smallest absolute Gasteiger partial charge is 0.149 e. The Kier molecular flexibility index (Phi) is 2.43. The van der Waals surface area contributed by atoms with Crippen LogP contribution < -0.4 is 0 Å². The lowest BCUT2D eigenvalue weighted by Crippen LogP contribution is -1.98. The first-order valence-electron chi connectivity index (χ1n) is 3.70. The normalized spacial score (nSPS) is 24.1. The molecule has 1 aliphatic rings. The van der Waals surface area contributed by atoms with Gasteiger partial charge in [0, 0.05) is 5.57 Å². The summed E-state index contributed by atoms with van der Waals surface area (Å²) in [6.45, 7) is 2.14. The molecule has 0 aliphatic heterocycles. The highest BCUT2D eigenvalue weighted by atomic mass is 16.1. The predicted molar refractivity (Wildman–Crippen MR) is 41.7 cm³/mol. The number of allylic oxidation sites excluding steroid dienone is 4. The van der Waals surface area contributed by atoms with Gasteiger partial charge in [-0.3, -0.25) is 4.79 Å². The zero-order valence-electron chi connectivity index (χ0n) is 6.21. The molecule has 0 saturated heterocycles. The molecule has 1 aliphatic carbocycles. The lowest BCUT2D eigenvalue weighted by molar-refractivity contribution is -0.104. The van der Waals surface area contributed by atoms with E-state index in [1.54, 1.807) is 0 Å². The molecule has 10 heavy (non-hydrogen) atoms. The molecule has 0 amide bonds. The zero-order valence-corrected chi connectivity index (χ0v) is 6.21. The Morgan fingerprint density at radius 3 is 3.20 bits per heavy atom. The van der Waals surface area contributed by atoms with Gasteiger partial charge in [-0.25, -0.2) is 0 Å². The quantitative estimate of drug-likeness (QED) is 0.531. The first-order chi connectivity index (χ1) is 4.86. The second kappa shape index (κ2) is 3.35. The highest BCUT2D eigenvalue weighted by Crippen LogP contribution is 2.17. The van der Waals surface area contributed by atoms with Crippen LogP contribution in [0.3, 0.4) is 0 Å². The van der Waals surface area contributed by atoms with Crippen molar-refractivity contribution in [3.63, 3.8) is 0 Å². The van der Waals surface area contributed by atoms with Gasteiger partial charge in [0.05, 0.1) is 0 Å². The molecule has 0 bridgehead atoms. The molecule has 1 atom stereocenters. The summed E-state index contributed by atoms with van der Waals surface area (Å²) >= 11 is 0. The minimum Gasteiger partial charge on any atom is -0.298 e. The fraction of sp³-hybridized carbons (Fsp3) is 0.444. The third kappa shape index (κ3) is 1.56. The van der Waals surface area contributed by atoms with Crippen molar-refractivity contribution in [1.82, 2.24) is 0 Å². The van der Waals surface area contributed by atoms with Crippen molar-refractivity contribution in [2.45, 2.75) is 19.8 Å². The van der Waals surface area contributed by atoms with Gasteiger partial charge in [0.1, 0.15) is 6.29 Å². The average Bonchev–Trinajstić information content (AvgIpc) is 2.05. The summed E-state index contributed by atoms with van der Waals surface area (Å²) in [6, 6.07) is 0. The number of carbonyl (C=O) groups is 1. The fourth-order valence-electron chi connectivity index (χ4n) is 1.14. The van der Waals surface area contributed by atoms with Gasteiger partial charge < -0.3 is 0 Å². The highest BCUT2D eigenvalue weighted by Gasteiger charge is 2.05. The van der Waals surface area contributed by atoms with E-state index in [1.165, 1.54) is 0 Å². The van der Waals surface area contributed by atoms with Gasteiger partial charge in [-0.1, -0.05) is 25.2 Å². The van der Waals surface area contributed by atoms with Gasteiger partial charge in [-0.2, -0.15) is 0 Å². The Morgan fingerprint density at radius 2 is 2.60 bits per heavy atom. The topological polar surface area (TPSA) is 17.1 Å². The molecule has 0 heterocycles. The maximum absolute atomic E-state index is 10.3. The van der Waals surface area contributed by atoms with Gasteiger partial charge in [-0.05, 0) is 18.8 Å². The molecule has 0 aromatic carbocycles. The molecule has 1 rings (SSSR count). The van der Waals surface area contributed by atoms with Crippen LogP contribution in [0.5, 0.6) is 0 Å². The molecular formula is C9H12O. The van der Waals surface area contributed by atoms with Crippen molar-refractivity contribution in [2.24, 2.45) is 5.92 Å². The van der Waals surface area contributed by atoms with Crippen LogP contribution in [0.4, 0.5) is 0 Å². The van der Waals surface area contributed by atoms with Gasteiger partial charge in [0.25, 0.3) is 0 Å². The summed E-state index contributed by atoms with van der Waals surface area (Å²) < 4.78 is 0. The third-order valence-electron chi connectivity index (χ3n) is 1.84. The van der Waals surface area contributed by atoms with E-state index in [-0.39, 0.29) is 0 Å². The van der Waals surface area contributed by atoms with Crippen molar-refractivity contribution >= 4 is 6.29 Å². The Balaban J connectivity index is 2.64. The summed E-state index contributed by atoms with van der Waals surface area (Å²) in [4.78, 5) is 10.3. The average molecular weight is 136 g/mol. The number of rotatable bonds is 2. The Labute approximate surface area is 61.4 Å². The second-order valence-electron chi connectivity index (χ2n) is 2.59. The fourth-order valence-corrected chi connectivity index (χ4v) is 1.14. The predicted octanol–water partition coefficient (Wildman–Crippen LogP) is 2.10. The summed E-state index contributed by atoms with van der Waals surface area (Å²) in [5.41, 5.74) is 0.832. The zero-order chi connectivity index (χ0) is 7.40. The van der Waals surface area contributed by atoms with Crippen LogP contribution in [-0.2, 0) is 4.79 Å². The minimum atomic E-state index is 0.588. The van der Waals surface area contributed by atoms with Crippen LogP contribution in [0.2, 0.25) is 0 Å².